The van der Waals surface area contributed by atoms with Crippen LogP contribution in [0.3, 0.4) is 0 Å². The number of piperazine rings is 1. The van der Waals surface area contributed by atoms with Crippen LogP contribution < -0.4 is 10.6 Å². The predicted octanol–water partition coefficient (Wildman–Crippen LogP) is 2.75. The molecule has 1 saturated heterocycles. The number of nitrogens with zero attached hydrogens (tertiary/aromatic N) is 4. The Morgan fingerprint density at radius 1 is 1.19 bits per heavy atom. The van der Waals surface area contributed by atoms with E-state index in [0.717, 1.165) is 58.4 Å². The SMILES string of the molecule is CCN1CCN(c2ccc(-c3nc(C4(N)CCCC4)no3)cc2F)CC1. The Labute approximate surface area is 153 Å². The number of hydrogen-bond acceptors (Lipinski definition) is 6. The van der Waals surface area contributed by atoms with Crippen LogP contribution in [0.2, 0.25) is 0 Å². The Morgan fingerprint density at radius 2 is 1.92 bits per heavy atom. The fourth-order valence-electron chi connectivity index (χ4n) is 3.97. The molecule has 1 aliphatic heterocycles. The van der Waals surface area contributed by atoms with Crippen molar-refractivity contribution in [3.05, 3.63) is 29.8 Å². The molecule has 4 rings (SSSR count). The highest BCUT2D eigenvalue weighted by atomic mass is 19.1. The summed E-state index contributed by atoms with van der Waals surface area (Å²) in [5.74, 6) is 0.610. The number of aromatic nitrogens is 2. The van der Waals surface area contributed by atoms with Crippen molar-refractivity contribution >= 4 is 5.69 Å². The average Bonchev–Trinajstić information content (AvgIpc) is 3.32. The molecule has 2 fully saturated rings. The van der Waals surface area contributed by atoms with E-state index in [0.29, 0.717) is 23.0 Å². The summed E-state index contributed by atoms with van der Waals surface area (Å²) in [5, 5.41) is 4.06. The normalized spacial score (nSPS) is 20.7. The van der Waals surface area contributed by atoms with Gasteiger partial charge >= 0.3 is 0 Å². The summed E-state index contributed by atoms with van der Waals surface area (Å²) in [5.41, 5.74) is 7.11. The molecule has 1 aromatic carbocycles. The lowest BCUT2D eigenvalue weighted by atomic mass is 9.99. The van der Waals surface area contributed by atoms with E-state index >= 15 is 0 Å². The van der Waals surface area contributed by atoms with Crippen molar-refractivity contribution in [3.63, 3.8) is 0 Å². The molecule has 7 heteroatoms. The van der Waals surface area contributed by atoms with E-state index in [2.05, 4.69) is 26.9 Å². The zero-order chi connectivity index (χ0) is 18.1. The van der Waals surface area contributed by atoms with Gasteiger partial charge in [-0.1, -0.05) is 24.9 Å². The van der Waals surface area contributed by atoms with Gasteiger partial charge in [-0.05, 0) is 37.6 Å². The average molecular weight is 359 g/mol. The van der Waals surface area contributed by atoms with Crippen LogP contribution in [0.5, 0.6) is 0 Å². The summed E-state index contributed by atoms with van der Waals surface area (Å²) >= 11 is 0. The lowest BCUT2D eigenvalue weighted by Crippen LogP contribution is -2.46. The van der Waals surface area contributed by atoms with Gasteiger partial charge in [0.05, 0.1) is 11.2 Å². The molecule has 2 heterocycles. The molecule has 0 amide bonds. The van der Waals surface area contributed by atoms with Gasteiger partial charge in [0.15, 0.2) is 5.82 Å². The zero-order valence-corrected chi connectivity index (χ0v) is 15.2. The summed E-state index contributed by atoms with van der Waals surface area (Å²) < 4.78 is 20.1. The fraction of sp³-hybridized carbons (Fsp3) is 0.579. The van der Waals surface area contributed by atoms with Crippen LogP contribution in [0.4, 0.5) is 10.1 Å². The first kappa shape index (κ1) is 17.4. The quantitative estimate of drug-likeness (QED) is 0.905. The van der Waals surface area contributed by atoms with Crippen LogP contribution >= 0.6 is 0 Å². The van der Waals surface area contributed by atoms with Gasteiger partial charge in [-0.25, -0.2) is 4.39 Å². The molecule has 0 unspecified atom stereocenters. The van der Waals surface area contributed by atoms with Crippen molar-refractivity contribution in [1.82, 2.24) is 15.0 Å². The second kappa shape index (κ2) is 6.96. The number of rotatable bonds is 4. The zero-order valence-electron chi connectivity index (χ0n) is 15.2. The van der Waals surface area contributed by atoms with Gasteiger partial charge < -0.3 is 20.1 Å². The molecule has 2 N–H and O–H groups in total. The van der Waals surface area contributed by atoms with Crippen LogP contribution in [0.25, 0.3) is 11.5 Å². The lowest BCUT2D eigenvalue weighted by Gasteiger charge is -2.35. The van der Waals surface area contributed by atoms with Gasteiger partial charge in [-0.2, -0.15) is 4.98 Å². The molecule has 0 radical (unpaired) electrons. The number of hydrogen-bond donors (Lipinski definition) is 1. The summed E-state index contributed by atoms with van der Waals surface area (Å²) in [4.78, 5) is 8.91. The number of benzene rings is 1. The minimum absolute atomic E-state index is 0.254. The molecule has 0 spiro atoms. The maximum absolute atomic E-state index is 14.7. The Hall–Kier alpha value is -1.99. The van der Waals surface area contributed by atoms with E-state index < -0.39 is 5.54 Å². The van der Waals surface area contributed by atoms with Crippen LogP contribution in [0, 0.1) is 5.82 Å². The van der Waals surface area contributed by atoms with E-state index in [-0.39, 0.29) is 5.82 Å². The number of anilines is 1. The van der Waals surface area contributed by atoms with Crippen molar-refractivity contribution in [1.29, 1.82) is 0 Å². The number of nitrogens with two attached hydrogens (primary N) is 1. The predicted molar refractivity (Wildman–Crippen MR) is 98.4 cm³/mol. The molecule has 0 atom stereocenters. The Morgan fingerprint density at radius 3 is 2.58 bits per heavy atom. The minimum Gasteiger partial charge on any atom is -0.367 e. The second-order valence-electron chi connectivity index (χ2n) is 7.37. The van der Waals surface area contributed by atoms with E-state index in [9.17, 15) is 4.39 Å². The van der Waals surface area contributed by atoms with Gasteiger partial charge in [0.1, 0.15) is 5.82 Å². The molecule has 1 aliphatic carbocycles. The molecule has 2 aliphatic rings. The Balaban J connectivity index is 1.52. The molecule has 2 aromatic rings. The van der Waals surface area contributed by atoms with Crippen LogP contribution in [0.15, 0.2) is 22.7 Å². The van der Waals surface area contributed by atoms with Crippen LogP contribution in [-0.4, -0.2) is 47.8 Å². The number of halogens is 1. The first-order valence-corrected chi connectivity index (χ1v) is 9.49. The summed E-state index contributed by atoms with van der Waals surface area (Å²) in [7, 11) is 0. The third-order valence-electron chi connectivity index (χ3n) is 5.72. The van der Waals surface area contributed by atoms with Crippen molar-refractivity contribution in [3.8, 4) is 11.5 Å². The minimum atomic E-state index is -0.501. The third kappa shape index (κ3) is 3.21. The van der Waals surface area contributed by atoms with E-state index in [1.165, 1.54) is 6.07 Å². The highest BCUT2D eigenvalue weighted by Gasteiger charge is 2.36. The maximum Gasteiger partial charge on any atom is 0.258 e. The molecule has 26 heavy (non-hydrogen) atoms. The molecule has 0 bridgehead atoms. The van der Waals surface area contributed by atoms with Gasteiger partial charge in [0.2, 0.25) is 0 Å². The van der Waals surface area contributed by atoms with Crippen molar-refractivity contribution in [2.45, 2.75) is 38.1 Å². The smallest absolute Gasteiger partial charge is 0.258 e. The molecule has 6 nitrogen and oxygen atoms in total. The summed E-state index contributed by atoms with van der Waals surface area (Å²) in [6, 6.07) is 5.14. The Kier molecular flexibility index (Phi) is 4.67. The second-order valence-corrected chi connectivity index (χ2v) is 7.37. The van der Waals surface area contributed by atoms with Gasteiger partial charge in [0.25, 0.3) is 5.89 Å². The number of likely N-dealkylation sites (N-methyl/N-ethyl adjacent to an activating group) is 1. The lowest BCUT2D eigenvalue weighted by molar-refractivity contribution is 0.270. The topological polar surface area (TPSA) is 71.4 Å². The largest absolute Gasteiger partial charge is 0.367 e. The monoisotopic (exact) mass is 359 g/mol. The van der Waals surface area contributed by atoms with Crippen LogP contribution in [0.1, 0.15) is 38.4 Å². The van der Waals surface area contributed by atoms with Crippen LogP contribution in [-0.2, 0) is 5.54 Å². The highest BCUT2D eigenvalue weighted by Crippen LogP contribution is 2.35. The van der Waals surface area contributed by atoms with Crippen molar-refractivity contribution < 1.29 is 8.91 Å². The third-order valence-corrected chi connectivity index (χ3v) is 5.72. The van der Waals surface area contributed by atoms with E-state index in [1.807, 2.05) is 12.1 Å². The standard InChI is InChI=1S/C19H26FN5O/c1-2-24-9-11-25(12-10-24)16-6-5-14(13-15(16)20)17-22-18(23-26-17)19(21)7-3-4-8-19/h5-6,13H,2-4,7-12,21H2,1H3. The van der Waals surface area contributed by atoms with Crippen molar-refractivity contribution in [2.24, 2.45) is 5.73 Å². The fourth-order valence-corrected chi connectivity index (χ4v) is 3.97. The van der Waals surface area contributed by atoms with Gasteiger partial charge in [0, 0.05) is 31.7 Å². The maximum atomic E-state index is 14.7. The van der Waals surface area contributed by atoms with Gasteiger partial charge in [-0.3, -0.25) is 0 Å². The first-order valence-electron chi connectivity index (χ1n) is 9.49. The molecule has 140 valence electrons. The first-order chi connectivity index (χ1) is 12.6. The highest BCUT2D eigenvalue weighted by molar-refractivity contribution is 5.60. The van der Waals surface area contributed by atoms with Crippen molar-refractivity contribution in [2.75, 3.05) is 37.6 Å². The molecular formula is C19H26FN5O. The summed E-state index contributed by atoms with van der Waals surface area (Å²) in [6.07, 6.45) is 3.88. The van der Waals surface area contributed by atoms with Gasteiger partial charge in [-0.15, -0.1) is 0 Å². The molecular weight excluding hydrogens is 333 g/mol. The van der Waals surface area contributed by atoms with E-state index in [4.69, 9.17) is 10.3 Å². The van der Waals surface area contributed by atoms with E-state index in [1.54, 1.807) is 0 Å². The molecule has 1 aromatic heterocycles. The Bertz CT molecular complexity index is 763. The summed E-state index contributed by atoms with van der Waals surface area (Å²) in [6.45, 7) is 6.79. The molecule has 1 saturated carbocycles.